The summed E-state index contributed by atoms with van der Waals surface area (Å²) in [7, 11) is 0. The van der Waals surface area contributed by atoms with Crippen LogP contribution in [-0.4, -0.2) is 5.91 Å². The number of benzene rings is 1. The Morgan fingerprint density at radius 3 is 2.36 bits per heavy atom. The molecule has 2 unspecified atom stereocenters. The van der Waals surface area contributed by atoms with Crippen molar-refractivity contribution in [3.05, 3.63) is 35.4 Å². The van der Waals surface area contributed by atoms with Gasteiger partial charge in [0.05, 0.1) is 0 Å². The Bertz CT molecular complexity index is 371. The van der Waals surface area contributed by atoms with Crippen molar-refractivity contribution in [3.63, 3.8) is 0 Å². The second-order valence-electron chi connectivity index (χ2n) is 3.49. The van der Waals surface area contributed by atoms with Crippen molar-refractivity contribution in [1.29, 1.82) is 0 Å². The Kier molecular flexibility index (Phi) is 1.98. The molecule has 0 aliphatic heterocycles. The van der Waals surface area contributed by atoms with Gasteiger partial charge < -0.3 is 5.73 Å². The number of primary amides is 1. The molecule has 74 valence electrons. The second kappa shape index (κ2) is 3.04. The zero-order valence-electron chi connectivity index (χ0n) is 7.34. The number of hydrogen-bond donors (Lipinski definition) is 1. The molecule has 2 rings (SSSR count). The molecule has 14 heavy (non-hydrogen) atoms. The summed E-state index contributed by atoms with van der Waals surface area (Å²) in [5.74, 6) is -2.45. The minimum absolute atomic E-state index is 0.00343. The van der Waals surface area contributed by atoms with Gasteiger partial charge in [-0.25, -0.2) is 8.78 Å². The SMILES string of the molecule is NC(=O)C1CC1c1c(F)cccc1F. The van der Waals surface area contributed by atoms with Crippen molar-refractivity contribution in [2.45, 2.75) is 12.3 Å². The normalized spacial score (nSPS) is 24.7. The first-order valence-electron chi connectivity index (χ1n) is 4.34. The predicted octanol–water partition coefficient (Wildman–Crippen LogP) is 1.55. The maximum Gasteiger partial charge on any atom is 0.221 e. The van der Waals surface area contributed by atoms with E-state index in [-0.39, 0.29) is 11.5 Å². The fraction of sp³-hybridized carbons (Fsp3) is 0.300. The molecule has 1 fully saturated rings. The lowest BCUT2D eigenvalue weighted by Gasteiger charge is -2.02. The van der Waals surface area contributed by atoms with Gasteiger partial charge in [-0.15, -0.1) is 0 Å². The molecule has 0 radical (unpaired) electrons. The molecule has 2 atom stereocenters. The standard InChI is InChI=1S/C10H9F2NO/c11-7-2-1-3-8(12)9(7)5-4-6(5)10(13)14/h1-3,5-6H,4H2,(H2,13,14). The van der Waals surface area contributed by atoms with E-state index in [4.69, 9.17) is 5.73 Å². The Hall–Kier alpha value is -1.45. The van der Waals surface area contributed by atoms with E-state index >= 15 is 0 Å². The zero-order valence-corrected chi connectivity index (χ0v) is 7.34. The molecule has 0 spiro atoms. The summed E-state index contributed by atoms with van der Waals surface area (Å²) < 4.78 is 26.4. The quantitative estimate of drug-likeness (QED) is 0.768. The van der Waals surface area contributed by atoms with Crippen LogP contribution in [0.15, 0.2) is 18.2 Å². The third-order valence-corrected chi connectivity index (χ3v) is 2.53. The number of amides is 1. The largest absolute Gasteiger partial charge is 0.369 e. The van der Waals surface area contributed by atoms with E-state index in [0.29, 0.717) is 6.42 Å². The van der Waals surface area contributed by atoms with Gasteiger partial charge in [0.25, 0.3) is 0 Å². The summed E-state index contributed by atoms with van der Waals surface area (Å²) in [6, 6.07) is 3.68. The maximum absolute atomic E-state index is 13.2. The Morgan fingerprint density at radius 2 is 1.93 bits per heavy atom. The smallest absolute Gasteiger partial charge is 0.221 e. The van der Waals surface area contributed by atoms with Gasteiger partial charge in [0.15, 0.2) is 0 Å². The topological polar surface area (TPSA) is 43.1 Å². The van der Waals surface area contributed by atoms with Crippen LogP contribution < -0.4 is 5.73 Å². The number of nitrogens with two attached hydrogens (primary N) is 1. The van der Waals surface area contributed by atoms with Crippen LogP contribution in [0.2, 0.25) is 0 Å². The van der Waals surface area contributed by atoms with Gasteiger partial charge in [-0.3, -0.25) is 4.79 Å². The van der Waals surface area contributed by atoms with E-state index in [1.54, 1.807) is 0 Å². The average Bonchev–Trinajstić information content (AvgIpc) is 2.83. The lowest BCUT2D eigenvalue weighted by Crippen LogP contribution is -2.14. The molecular formula is C10H9F2NO. The van der Waals surface area contributed by atoms with Crippen LogP contribution in [0.4, 0.5) is 8.78 Å². The van der Waals surface area contributed by atoms with Gasteiger partial charge in [0.2, 0.25) is 5.91 Å². The third kappa shape index (κ3) is 1.36. The van der Waals surface area contributed by atoms with Gasteiger partial charge >= 0.3 is 0 Å². The minimum atomic E-state index is -0.598. The first kappa shape index (κ1) is 9.12. The van der Waals surface area contributed by atoms with Crippen molar-refractivity contribution in [3.8, 4) is 0 Å². The monoisotopic (exact) mass is 197 g/mol. The Morgan fingerprint density at radius 1 is 1.36 bits per heavy atom. The van der Waals surface area contributed by atoms with Crippen LogP contribution >= 0.6 is 0 Å². The van der Waals surface area contributed by atoms with Gasteiger partial charge in [-0.2, -0.15) is 0 Å². The summed E-state index contributed by atoms with van der Waals surface area (Å²) in [5.41, 5.74) is 5.04. The maximum atomic E-state index is 13.2. The van der Waals surface area contributed by atoms with Crippen molar-refractivity contribution < 1.29 is 13.6 Å². The molecule has 0 heterocycles. The first-order chi connectivity index (χ1) is 6.61. The van der Waals surface area contributed by atoms with E-state index in [2.05, 4.69) is 0 Å². The number of halogens is 2. The number of carbonyl (C=O) groups excluding carboxylic acids is 1. The third-order valence-electron chi connectivity index (χ3n) is 2.53. The number of rotatable bonds is 2. The fourth-order valence-electron chi connectivity index (χ4n) is 1.69. The van der Waals surface area contributed by atoms with Crippen LogP contribution in [0.3, 0.4) is 0 Å². The van der Waals surface area contributed by atoms with Gasteiger partial charge in [-0.1, -0.05) is 6.07 Å². The van der Waals surface area contributed by atoms with E-state index in [1.807, 2.05) is 0 Å². The molecule has 4 heteroatoms. The summed E-state index contributed by atoms with van der Waals surface area (Å²) >= 11 is 0. The van der Waals surface area contributed by atoms with Crippen molar-refractivity contribution in [2.24, 2.45) is 11.7 Å². The Labute approximate surface area is 79.7 Å². The van der Waals surface area contributed by atoms with Crippen LogP contribution in [-0.2, 0) is 4.79 Å². The summed E-state index contributed by atoms with van der Waals surface area (Å²) in [6.45, 7) is 0. The molecule has 1 amide bonds. The summed E-state index contributed by atoms with van der Waals surface area (Å²) in [4.78, 5) is 10.7. The molecule has 0 bridgehead atoms. The number of carbonyl (C=O) groups is 1. The molecule has 0 aromatic heterocycles. The molecule has 2 N–H and O–H groups in total. The van der Waals surface area contributed by atoms with Crippen molar-refractivity contribution in [2.75, 3.05) is 0 Å². The highest BCUT2D eigenvalue weighted by atomic mass is 19.1. The van der Waals surface area contributed by atoms with Crippen LogP contribution in [0, 0.1) is 17.6 Å². The molecule has 1 saturated carbocycles. The highest BCUT2D eigenvalue weighted by molar-refractivity contribution is 5.81. The number of hydrogen-bond acceptors (Lipinski definition) is 1. The van der Waals surface area contributed by atoms with E-state index in [0.717, 1.165) is 0 Å². The Balaban J connectivity index is 2.31. The molecule has 2 nitrogen and oxygen atoms in total. The molecular weight excluding hydrogens is 188 g/mol. The van der Waals surface area contributed by atoms with Gasteiger partial charge in [0.1, 0.15) is 11.6 Å². The van der Waals surface area contributed by atoms with Gasteiger partial charge in [0, 0.05) is 17.4 Å². The molecule has 1 aromatic carbocycles. The highest BCUT2D eigenvalue weighted by Gasteiger charge is 2.45. The minimum Gasteiger partial charge on any atom is -0.369 e. The van der Waals surface area contributed by atoms with Crippen LogP contribution in [0.25, 0.3) is 0 Å². The summed E-state index contributed by atoms with van der Waals surface area (Å²) in [5, 5.41) is 0. The van der Waals surface area contributed by atoms with Crippen LogP contribution in [0.1, 0.15) is 17.9 Å². The van der Waals surface area contributed by atoms with E-state index in [9.17, 15) is 13.6 Å². The lowest BCUT2D eigenvalue weighted by molar-refractivity contribution is -0.119. The van der Waals surface area contributed by atoms with Crippen molar-refractivity contribution in [1.82, 2.24) is 0 Å². The van der Waals surface area contributed by atoms with Gasteiger partial charge in [-0.05, 0) is 18.6 Å². The lowest BCUT2D eigenvalue weighted by atomic mass is 10.1. The second-order valence-corrected chi connectivity index (χ2v) is 3.49. The predicted molar refractivity (Wildman–Crippen MR) is 46.4 cm³/mol. The van der Waals surface area contributed by atoms with E-state index in [1.165, 1.54) is 18.2 Å². The van der Waals surface area contributed by atoms with Crippen LogP contribution in [0.5, 0.6) is 0 Å². The molecule has 1 aromatic rings. The average molecular weight is 197 g/mol. The molecule has 0 saturated heterocycles. The fourth-order valence-corrected chi connectivity index (χ4v) is 1.69. The first-order valence-corrected chi connectivity index (χ1v) is 4.34. The summed E-state index contributed by atoms with van der Waals surface area (Å²) in [6.07, 6.45) is 0.452. The van der Waals surface area contributed by atoms with E-state index < -0.39 is 23.5 Å². The molecule has 1 aliphatic carbocycles. The molecule has 1 aliphatic rings. The zero-order chi connectivity index (χ0) is 10.3. The highest BCUT2D eigenvalue weighted by Crippen LogP contribution is 2.48. The van der Waals surface area contributed by atoms with Crippen molar-refractivity contribution >= 4 is 5.91 Å².